The quantitative estimate of drug-likeness (QED) is 0.749. The number of amides is 1. The molecule has 0 fully saturated rings. The Bertz CT molecular complexity index is 679. The summed E-state index contributed by atoms with van der Waals surface area (Å²) in [5, 5.41) is 29.3. The van der Waals surface area contributed by atoms with Gasteiger partial charge < -0.3 is 25.0 Å². The van der Waals surface area contributed by atoms with Gasteiger partial charge in [0.1, 0.15) is 0 Å². The highest BCUT2D eigenvalue weighted by atomic mass is 16.5. The number of β-amino-alcohol motifs (C(OH)–C–C–N with tert-alkyl or cyclic N) is 1. The van der Waals surface area contributed by atoms with Crippen molar-refractivity contribution in [2.45, 2.75) is 26.0 Å². The number of aliphatic hydroxyl groups is 2. The Morgan fingerprint density at radius 3 is 2.57 bits per heavy atom. The molecule has 1 aliphatic heterocycles. The lowest BCUT2D eigenvalue weighted by molar-refractivity contribution is -0.130. The van der Waals surface area contributed by atoms with Crippen LogP contribution >= 0.6 is 0 Å². The van der Waals surface area contributed by atoms with Crippen LogP contribution in [0, 0.1) is 0 Å². The Morgan fingerprint density at radius 2 is 2.04 bits per heavy atom. The Hall–Kier alpha value is -2.54. The number of hydrogen-bond donors (Lipinski definition) is 3. The Balaban J connectivity index is 2.57. The maximum absolute atomic E-state index is 12.2. The molecule has 1 amide bonds. The summed E-state index contributed by atoms with van der Waals surface area (Å²) < 4.78 is 5.04. The summed E-state index contributed by atoms with van der Waals surface area (Å²) in [6.45, 7) is 2.72. The van der Waals surface area contributed by atoms with Crippen molar-refractivity contribution >= 4 is 11.7 Å². The molecule has 7 heteroatoms. The second-order valence-corrected chi connectivity index (χ2v) is 5.46. The van der Waals surface area contributed by atoms with Crippen LogP contribution in [0.1, 0.15) is 25.5 Å². The number of methoxy groups -OCH3 is 1. The third-order valence-corrected chi connectivity index (χ3v) is 3.66. The molecule has 0 aliphatic carbocycles. The Morgan fingerprint density at radius 1 is 1.39 bits per heavy atom. The van der Waals surface area contributed by atoms with E-state index in [0.29, 0.717) is 5.56 Å². The van der Waals surface area contributed by atoms with E-state index in [2.05, 4.69) is 0 Å². The summed E-state index contributed by atoms with van der Waals surface area (Å²) >= 11 is 0. The number of hydrogen-bond acceptors (Lipinski definition) is 6. The molecule has 0 spiro atoms. The molecule has 0 saturated carbocycles. The van der Waals surface area contributed by atoms with Gasteiger partial charge >= 0.3 is 0 Å². The fourth-order valence-electron chi connectivity index (χ4n) is 2.70. The number of phenolic OH excluding ortho intramolecular Hbond substituents is 1. The smallest absolute Gasteiger partial charge is 0.290 e. The van der Waals surface area contributed by atoms with Crippen LogP contribution in [0.4, 0.5) is 0 Å². The van der Waals surface area contributed by atoms with Crippen LogP contribution in [-0.2, 0) is 9.59 Å². The Labute approximate surface area is 133 Å². The van der Waals surface area contributed by atoms with E-state index in [0.717, 1.165) is 0 Å². The van der Waals surface area contributed by atoms with E-state index in [1.807, 2.05) is 0 Å². The van der Waals surface area contributed by atoms with Crippen LogP contribution in [0.3, 0.4) is 0 Å². The minimum absolute atomic E-state index is 0.0385. The molecule has 0 bridgehead atoms. The largest absolute Gasteiger partial charge is 0.504 e. The van der Waals surface area contributed by atoms with Gasteiger partial charge in [0.05, 0.1) is 24.8 Å². The summed E-state index contributed by atoms with van der Waals surface area (Å²) in [5.41, 5.74) is 0.450. The van der Waals surface area contributed by atoms with E-state index in [-0.39, 0.29) is 23.6 Å². The van der Waals surface area contributed by atoms with E-state index in [9.17, 15) is 24.9 Å². The Kier molecular flexibility index (Phi) is 4.60. The van der Waals surface area contributed by atoms with Crippen molar-refractivity contribution in [1.82, 2.24) is 4.90 Å². The first-order chi connectivity index (χ1) is 10.8. The number of ether oxygens (including phenoxy) is 1. The van der Waals surface area contributed by atoms with Crippen LogP contribution in [0.15, 0.2) is 29.5 Å². The SMILES string of the molecule is COc1cc([C@H]2C(C(C)=O)=C(O)C(=O)N2C[C@@H](C)O)ccc1O. The lowest BCUT2D eigenvalue weighted by Crippen LogP contribution is -2.36. The molecule has 1 heterocycles. The average molecular weight is 321 g/mol. The van der Waals surface area contributed by atoms with Gasteiger partial charge in [-0.1, -0.05) is 6.07 Å². The van der Waals surface area contributed by atoms with Gasteiger partial charge in [-0.15, -0.1) is 0 Å². The van der Waals surface area contributed by atoms with Crippen molar-refractivity contribution in [2.75, 3.05) is 13.7 Å². The minimum Gasteiger partial charge on any atom is -0.504 e. The van der Waals surface area contributed by atoms with Gasteiger partial charge in [-0.3, -0.25) is 9.59 Å². The van der Waals surface area contributed by atoms with Crippen molar-refractivity contribution in [3.05, 3.63) is 35.1 Å². The van der Waals surface area contributed by atoms with E-state index in [1.165, 1.54) is 44.1 Å². The number of nitrogens with zero attached hydrogens (tertiary/aromatic N) is 1. The fourth-order valence-corrected chi connectivity index (χ4v) is 2.70. The molecule has 1 aromatic rings. The number of aromatic hydroxyl groups is 1. The molecule has 23 heavy (non-hydrogen) atoms. The van der Waals surface area contributed by atoms with Crippen LogP contribution in [0.2, 0.25) is 0 Å². The molecule has 3 N–H and O–H groups in total. The number of Topliss-reactive ketones (excluding diaryl/α,β-unsaturated/α-hetero) is 1. The first kappa shape index (κ1) is 16.8. The molecule has 2 atom stereocenters. The zero-order valence-corrected chi connectivity index (χ0v) is 13.1. The molecule has 1 aromatic carbocycles. The summed E-state index contributed by atoms with van der Waals surface area (Å²) in [5.74, 6) is -1.68. The van der Waals surface area contributed by atoms with Gasteiger partial charge in [0, 0.05) is 6.54 Å². The maximum atomic E-state index is 12.2. The number of rotatable bonds is 5. The summed E-state index contributed by atoms with van der Waals surface area (Å²) in [6.07, 6.45) is -0.834. The summed E-state index contributed by atoms with van der Waals surface area (Å²) in [6, 6.07) is 3.56. The number of carbonyl (C=O) groups excluding carboxylic acids is 2. The molecule has 0 unspecified atom stereocenters. The highest BCUT2D eigenvalue weighted by molar-refractivity contribution is 6.08. The van der Waals surface area contributed by atoms with Crippen molar-refractivity contribution in [3.63, 3.8) is 0 Å². The fraction of sp³-hybridized carbons (Fsp3) is 0.375. The molecule has 0 aromatic heterocycles. The maximum Gasteiger partial charge on any atom is 0.290 e. The van der Waals surface area contributed by atoms with Crippen LogP contribution in [0.5, 0.6) is 11.5 Å². The number of benzene rings is 1. The van der Waals surface area contributed by atoms with Crippen molar-refractivity contribution in [1.29, 1.82) is 0 Å². The first-order valence-corrected chi connectivity index (χ1v) is 7.08. The van der Waals surface area contributed by atoms with Crippen molar-refractivity contribution < 1.29 is 29.6 Å². The predicted molar refractivity (Wildman–Crippen MR) is 81.1 cm³/mol. The third-order valence-electron chi connectivity index (χ3n) is 3.66. The van der Waals surface area contributed by atoms with Crippen LogP contribution in [-0.4, -0.2) is 51.7 Å². The number of carbonyl (C=O) groups is 2. The van der Waals surface area contributed by atoms with E-state index in [1.54, 1.807) is 0 Å². The molecular weight excluding hydrogens is 302 g/mol. The second-order valence-electron chi connectivity index (χ2n) is 5.46. The van der Waals surface area contributed by atoms with Crippen LogP contribution < -0.4 is 4.74 Å². The summed E-state index contributed by atoms with van der Waals surface area (Å²) in [4.78, 5) is 25.4. The molecule has 0 saturated heterocycles. The lowest BCUT2D eigenvalue weighted by Gasteiger charge is -2.27. The average Bonchev–Trinajstić information content (AvgIpc) is 2.72. The van der Waals surface area contributed by atoms with E-state index < -0.39 is 29.6 Å². The van der Waals surface area contributed by atoms with Crippen molar-refractivity contribution in [3.8, 4) is 11.5 Å². The molecular formula is C16H19NO6. The number of ketones is 1. The highest BCUT2D eigenvalue weighted by Crippen LogP contribution is 2.40. The standard InChI is InChI=1S/C16H19NO6/c1-8(18)7-17-14(13(9(2)19)15(21)16(17)22)10-4-5-11(20)12(6-10)23-3/h4-6,8,14,18,20-21H,7H2,1-3H3/t8-,14+/m1/s1. The highest BCUT2D eigenvalue weighted by Gasteiger charge is 2.42. The zero-order valence-electron chi connectivity index (χ0n) is 13.1. The normalized spacial score (nSPS) is 19.2. The topological polar surface area (TPSA) is 107 Å². The monoisotopic (exact) mass is 321 g/mol. The van der Waals surface area contributed by atoms with Crippen LogP contribution in [0.25, 0.3) is 0 Å². The molecule has 7 nitrogen and oxygen atoms in total. The molecule has 124 valence electrons. The van der Waals surface area contributed by atoms with Gasteiger partial charge in [0.15, 0.2) is 23.0 Å². The van der Waals surface area contributed by atoms with Gasteiger partial charge in [-0.2, -0.15) is 0 Å². The van der Waals surface area contributed by atoms with E-state index >= 15 is 0 Å². The first-order valence-electron chi connectivity index (χ1n) is 7.08. The lowest BCUT2D eigenvalue weighted by atomic mass is 9.96. The predicted octanol–water partition coefficient (Wildman–Crippen LogP) is 1.07. The third kappa shape index (κ3) is 3.00. The van der Waals surface area contributed by atoms with Crippen molar-refractivity contribution in [2.24, 2.45) is 0 Å². The molecule has 1 aliphatic rings. The minimum atomic E-state index is -0.843. The van der Waals surface area contributed by atoms with Gasteiger partial charge in [-0.05, 0) is 31.5 Å². The van der Waals surface area contributed by atoms with Gasteiger partial charge in [-0.25, -0.2) is 0 Å². The second kappa shape index (κ2) is 6.29. The van der Waals surface area contributed by atoms with Gasteiger partial charge in [0.25, 0.3) is 5.91 Å². The zero-order chi connectivity index (χ0) is 17.3. The number of phenols is 1. The van der Waals surface area contributed by atoms with Gasteiger partial charge in [0.2, 0.25) is 0 Å². The molecule has 2 rings (SSSR count). The van der Waals surface area contributed by atoms with E-state index in [4.69, 9.17) is 4.74 Å². The summed E-state index contributed by atoms with van der Waals surface area (Å²) in [7, 11) is 1.38. The number of aliphatic hydroxyl groups excluding tert-OH is 2. The molecule has 0 radical (unpaired) electrons.